The number of hydrogen-bond acceptors (Lipinski definition) is 6. The van der Waals surface area contributed by atoms with Gasteiger partial charge in [-0.1, -0.05) is 6.07 Å². The van der Waals surface area contributed by atoms with E-state index in [0.29, 0.717) is 17.1 Å². The van der Waals surface area contributed by atoms with E-state index < -0.39 is 11.9 Å². The van der Waals surface area contributed by atoms with Gasteiger partial charge in [-0.2, -0.15) is 0 Å². The van der Waals surface area contributed by atoms with E-state index >= 15 is 0 Å². The van der Waals surface area contributed by atoms with E-state index in [2.05, 4.69) is 5.32 Å². The van der Waals surface area contributed by atoms with E-state index in [-0.39, 0.29) is 5.24 Å². The van der Waals surface area contributed by atoms with Crippen molar-refractivity contribution in [3.63, 3.8) is 0 Å². The van der Waals surface area contributed by atoms with E-state index in [4.69, 9.17) is 9.15 Å². The predicted octanol–water partition coefficient (Wildman–Crippen LogP) is 3.33. The Hall–Kier alpha value is -2.80. The van der Waals surface area contributed by atoms with Gasteiger partial charge in [0.2, 0.25) is 0 Å². The molecule has 24 heavy (non-hydrogen) atoms. The summed E-state index contributed by atoms with van der Waals surface area (Å²) in [5.41, 5.74) is 2.13. The molecular formula is C17H13NO5S. The Kier molecular flexibility index (Phi) is 4.52. The fourth-order valence-corrected chi connectivity index (χ4v) is 2.89. The summed E-state index contributed by atoms with van der Waals surface area (Å²) < 4.78 is 10.3. The Labute approximate surface area is 141 Å². The molecule has 2 aromatic rings. The number of rotatable bonds is 4. The van der Waals surface area contributed by atoms with Crippen molar-refractivity contribution in [1.82, 2.24) is 5.32 Å². The molecule has 0 bridgehead atoms. The average Bonchev–Trinajstić information content (AvgIpc) is 3.08. The van der Waals surface area contributed by atoms with Gasteiger partial charge in [-0.05, 0) is 48.5 Å². The fraction of sp³-hybridized carbons (Fsp3) is 0.118. The lowest BCUT2D eigenvalue weighted by molar-refractivity contribution is -0.137. The number of esters is 1. The average molecular weight is 343 g/mol. The second-order valence-electron chi connectivity index (χ2n) is 4.88. The number of furan rings is 1. The minimum atomic E-state index is -0.428. The summed E-state index contributed by atoms with van der Waals surface area (Å²) >= 11 is 0.863. The summed E-state index contributed by atoms with van der Waals surface area (Å²) in [4.78, 5) is 34.6. The van der Waals surface area contributed by atoms with Crippen molar-refractivity contribution in [2.75, 3.05) is 6.61 Å². The highest BCUT2D eigenvalue weighted by Crippen LogP contribution is 2.28. The first-order valence-electron chi connectivity index (χ1n) is 7.18. The molecule has 2 amide bonds. The Bertz CT molecular complexity index is 894. The molecule has 1 fully saturated rings. The molecule has 2 heterocycles. The smallest absolute Gasteiger partial charge is 0.330 e. The first-order chi connectivity index (χ1) is 11.6. The third kappa shape index (κ3) is 3.41. The number of imide groups is 1. The molecule has 1 aromatic heterocycles. The third-order valence-electron chi connectivity index (χ3n) is 3.25. The van der Waals surface area contributed by atoms with Crippen LogP contribution in [0.4, 0.5) is 4.79 Å². The number of ether oxygens (including phenoxy) is 1. The molecule has 1 N–H and O–H groups in total. The molecule has 1 aromatic carbocycles. The van der Waals surface area contributed by atoms with Crippen LogP contribution in [0.1, 0.15) is 18.1 Å². The maximum Gasteiger partial charge on any atom is 0.330 e. The molecule has 122 valence electrons. The van der Waals surface area contributed by atoms with E-state index in [9.17, 15) is 14.4 Å². The van der Waals surface area contributed by atoms with Crippen LogP contribution in [0, 0.1) is 0 Å². The van der Waals surface area contributed by atoms with Crippen LogP contribution in [0.2, 0.25) is 0 Å². The van der Waals surface area contributed by atoms with Gasteiger partial charge < -0.3 is 9.15 Å². The van der Waals surface area contributed by atoms with Crippen molar-refractivity contribution in [3.05, 3.63) is 46.6 Å². The Morgan fingerprint density at radius 2 is 2.21 bits per heavy atom. The van der Waals surface area contributed by atoms with Crippen molar-refractivity contribution in [2.45, 2.75) is 6.92 Å². The predicted molar refractivity (Wildman–Crippen MR) is 91.0 cm³/mol. The first-order valence-corrected chi connectivity index (χ1v) is 7.99. The van der Waals surface area contributed by atoms with Crippen LogP contribution in [0.5, 0.6) is 0 Å². The minimum absolute atomic E-state index is 0.311. The largest absolute Gasteiger partial charge is 0.464 e. The Morgan fingerprint density at radius 3 is 2.92 bits per heavy atom. The van der Waals surface area contributed by atoms with Crippen LogP contribution in [0.25, 0.3) is 23.1 Å². The fourth-order valence-electron chi connectivity index (χ4n) is 2.21. The normalized spacial score (nSPS) is 16.3. The number of nitrogens with one attached hydrogen (secondary N) is 1. The van der Waals surface area contributed by atoms with Gasteiger partial charge in [0.25, 0.3) is 11.1 Å². The van der Waals surface area contributed by atoms with Gasteiger partial charge in [0.1, 0.15) is 5.58 Å². The monoisotopic (exact) mass is 343 g/mol. The molecule has 3 rings (SSSR count). The zero-order valence-electron chi connectivity index (χ0n) is 12.7. The number of carbonyl (C=O) groups excluding carboxylic acids is 3. The van der Waals surface area contributed by atoms with Crippen LogP contribution < -0.4 is 5.32 Å². The Balaban J connectivity index is 1.91. The molecular weight excluding hydrogens is 330 g/mol. The quantitative estimate of drug-likeness (QED) is 0.677. The van der Waals surface area contributed by atoms with Crippen LogP contribution in [0.15, 0.2) is 39.9 Å². The lowest BCUT2D eigenvalue weighted by Gasteiger charge is -1.97. The van der Waals surface area contributed by atoms with Gasteiger partial charge in [-0.3, -0.25) is 14.9 Å². The number of fused-ring (bicyclic) bond motifs is 1. The summed E-state index contributed by atoms with van der Waals surface area (Å²) in [5, 5.41) is 2.62. The van der Waals surface area contributed by atoms with E-state index in [0.717, 1.165) is 28.3 Å². The molecule has 0 aliphatic carbocycles. The van der Waals surface area contributed by atoms with Gasteiger partial charge in [0.05, 0.1) is 17.8 Å². The second kappa shape index (κ2) is 6.76. The molecule has 0 atom stereocenters. The molecule has 1 aliphatic heterocycles. The highest BCUT2D eigenvalue weighted by atomic mass is 32.2. The summed E-state index contributed by atoms with van der Waals surface area (Å²) in [5.74, 6) is -0.831. The molecule has 1 aliphatic rings. The highest BCUT2D eigenvalue weighted by Gasteiger charge is 2.24. The van der Waals surface area contributed by atoms with E-state index in [1.54, 1.807) is 31.2 Å². The van der Waals surface area contributed by atoms with E-state index in [1.807, 2.05) is 6.07 Å². The van der Waals surface area contributed by atoms with Crippen molar-refractivity contribution in [3.8, 4) is 0 Å². The molecule has 0 unspecified atom stereocenters. The summed E-state index contributed by atoms with van der Waals surface area (Å²) in [7, 11) is 0. The van der Waals surface area contributed by atoms with Crippen LogP contribution in [-0.2, 0) is 14.3 Å². The molecule has 7 heteroatoms. The minimum Gasteiger partial charge on any atom is -0.464 e. The zero-order valence-corrected chi connectivity index (χ0v) is 13.5. The standard InChI is InChI=1S/C17H13NO5S/c1-2-22-15(19)6-4-11-9-23-13-5-3-10(7-12(11)13)8-14-16(20)18-17(21)24-14/h3-9H,2H2,1H3,(H,18,20,21). The first kappa shape index (κ1) is 16.1. The molecule has 0 radical (unpaired) electrons. The van der Waals surface area contributed by atoms with Gasteiger partial charge in [-0.25, -0.2) is 4.79 Å². The number of hydrogen-bond donors (Lipinski definition) is 1. The number of benzene rings is 1. The summed E-state index contributed by atoms with van der Waals surface area (Å²) in [6, 6.07) is 5.38. The maximum atomic E-state index is 11.6. The van der Waals surface area contributed by atoms with Crippen molar-refractivity contribution in [1.29, 1.82) is 0 Å². The lowest BCUT2D eigenvalue weighted by Crippen LogP contribution is -2.17. The second-order valence-corrected chi connectivity index (χ2v) is 5.90. The lowest BCUT2D eigenvalue weighted by atomic mass is 10.1. The van der Waals surface area contributed by atoms with Gasteiger partial charge in [0.15, 0.2) is 0 Å². The van der Waals surface area contributed by atoms with Gasteiger partial charge in [0, 0.05) is 17.0 Å². The Morgan fingerprint density at radius 1 is 1.38 bits per heavy atom. The van der Waals surface area contributed by atoms with Crippen molar-refractivity contribution in [2.24, 2.45) is 0 Å². The molecule has 1 saturated heterocycles. The van der Waals surface area contributed by atoms with Crippen LogP contribution in [-0.4, -0.2) is 23.7 Å². The summed E-state index contributed by atoms with van der Waals surface area (Å²) in [6.45, 7) is 2.05. The SMILES string of the molecule is CCOC(=O)C=Cc1coc2ccc(C=C3SC(=O)NC3=O)cc12. The van der Waals surface area contributed by atoms with Crippen LogP contribution in [0.3, 0.4) is 0 Å². The molecule has 0 saturated carbocycles. The van der Waals surface area contributed by atoms with Crippen molar-refractivity contribution >= 4 is 52.0 Å². The number of carbonyl (C=O) groups is 3. The number of thioether (sulfide) groups is 1. The van der Waals surface area contributed by atoms with Crippen molar-refractivity contribution < 1.29 is 23.5 Å². The van der Waals surface area contributed by atoms with E-state index in [1.165, 1.54) is 12.3 Å². The highest BCUT2D eigenvalue weighted by molar-refractivity contribution is 8.18. The molecule has 6 nitrogen and oxygen atoms in total. The number of amides is 2. The third-order valence-corrected chi connectivity index (χ3v) is 4.06. The van der Waals surface area contributed by atoms with Gasteiger partial charge >= 0.3 is 5.97 Å². The van der Waals surface area contributed by atoms with Crippen LogP contribution >= 0.6 is 11.8 Å². The summed E-state index contributed by atoms with van der Waals surface area (Å²) in [6.07, 6.45) is 6.12. The van der Waals surface area contributed by atoms with Gasteiger partial charge in [-0.15, -0.1) is 0 Å². The topological polar surface area (TPSA) is 85.6 Å². The zero-order chi connectivity index (χ0) is 17.1. The molecule has 0 spiro atoms. The maximum absolute atomic E-state index is 11.6.